The summed E-state index contributed by atoms with van der Waals surface area (Å²) in [6, 6.07) is 0.594. The van der Waals surface area contributed by atoms with E-state index in [0.29, 0.717) is 12.6 Å². The van der Waals surface area contributed by atoms with E-state index in [9.17, 15) is 0 Å². The Bertz CT molecular complexity index is 71.3. The van der Waals surface area contributed by atoms with Gasteiger partial charge < -0.3 is 5.32 Å². The Morgan fingerprint density at radius 3 is 2.55 bits per heavy atom. The molecule has 0 fully saturated rings. The first kappa shape index (κ1) is 11.0. The molecule has 0 aromatic carbocycles. The van der Waals surface area contributed by atoms with Crippen LogP contribution in [0.15, 0.2) is 0 Å². The minimum Gasteiger partial charge on any atom is -0.314 e. The molecule has 0 heterocycles. The van der Waals surface area contributed by atoms with Crippen LogP contribution in [0.1, 0.15) is 46.0 Å². The zero-order valence-corrected chi connectivity index (χ0v) is 7.90. The summed E-state index contributed by atoms with van der Waals surface area (Å²) in [5, 5.41) is 3.20. The molecule has 0 aromatic heterocycles. The van der Waals surface area contributed by atoms with E-state index in [4.69, 9.17) is 6.92 Å². The van der Waals surface area contributed by atoms with Crippen molar-refractivity contribution in [1.82, 2.24) is 5.32 Å². The van der Waals surface area contributed by atoms with E-state index in [1.165, 1.54) is 32.1 Å². The molecule has 1 atom stereocenters. The van der Waals surface area contributed by atoms with Crippen molar-refractivity contribution in [2.75, 3.05) is 6.54 Å². The van der Waals surface area contributed by atoms with Crippen molar-refractivity contribution < 1.29 is 0 Å². The van der Waals surface area contributed by atoms with Gasteiger partial charge in [0.15, 0.2) is 0 Å². The van der Waals surface area contributed by atoms with Crippen LogP contribution in [0.25, 0.3) is 0 Å². The summed E-state index contributed by atoms with van der Waals surface area (Å²) < 4.78 is 0. The smallest absolute Gasteiger partial charge is 0.00388 e. The van der Waals surface area contributed by atoms with Crippen LogP contribution in [0.3, 0.4) is 0 Å². The molecule has 0 amide bonds. The van der Waals surface area contributed by atoms with Crippen molar-refractivity contribution in [2.24, 2.45) is 0 Å². The van der Waals surface area contributed by atoms with Crippen LogP contribution < -0.4 is 5.32 Å². The fourth-order valence-electron chi connectivity index (χ4n) is 1.18. The Kier molecular flexibility index (Phi) is 8.03. The maximum Gasteiger partial charge on any atom is 0.00388 e. The first-order valence-corrected chi connectivity index (χ1v) is 4.74. The lowest BCUT2D eigenvalue weighted by atomic mass is 10.1. The zero-order valence-electron chi connectivity index (χ0n) is 7.90. The van der Waals surface area contributed by atoms with Crippen LogP contribution in [-0.2, 0) is 0 Å². The number of hydrogen-bond acceptors (Lipinski definition) is 1. The topological polar surface area (TPSA) is 12.0 Å². The molecule has 1 heteroatoms. The zero-order chi connectivity index (χ0) is 8.53. The second kappa shape index (κ2) is 8.06. The number of rotatable bonds is 7. The van der Waals surface area contributed by atoms with Crippen molar-refractivity contribution >= 4 is 0 Å². The third kappa shape index (κ3) is 7.86. The summed E-state index contributed by atoms with van der Waals surface area (Å²) in [6.07, 6.45) is 6.65. The van der Waals surface area contributed by atoms with Crippen molar-refractivity contribution in [1.29, 1.82) is 0 Å². The van der Waals surface area contributed by atoms with Gasteiger partial charge in [-0.15, -0.1) is 0 Å². The molecule has 0 saturated heterocycles. The van der Waals surface area contributed by atoms with Crippen LogP contribution in [0.5, 0.6) is 0 Å². The lowest BCUT2D eigenvalue weighted by Gasteiger charge is -2.10. The molecular formula is C10H21N. The molecule has 0 rings (SSSR count). The van der Waals surface area contributed by atoms with E-state index in [1.54, 1.807) is 0 Å². The lowest BCUT2D eigenvalue weighted by molar-refractivity contribution is 0.502. The van der Waals surface area contributed by atoms with E-state index in [2.05, 4.69) is 19.2 Å². The van der Waals surface area contributed by atoms with Gasteiger partial charge in [0.2, 0.25) is 0 Å². The fraction of sp³-hybridized carbons (Fsp3) is 0.900. The largest absolute Gasteiger partial charge is 0.314 e. The average molecular weight is 155 g/mol. The average Bonchev–Trinajstić information content (AvgIpc) is 1.99. The first-order chi connectivity index (χ1) is 5.31. The highest BCUT2D eigenvalue weighted by molar-refractivity contribution is 4.60. The highest BCUT2D eigenvalue weighted by Gasteiger charge is 1.97. The van der Waals surface area contributed by atoms with Crippen LogP contribution in [0.4, 0.5) is 0 Å². The van der Waals surface area contributed by atoms with Crippen molar-refractivity contribution in [3.8, 4) is 0 Å². The predicted molar refractivity (Wildman–Crippen MR) is 50.5 cm³/mol. The van der Waals surface area contributed by atoms with Crippen molar-refractivity contribution in [3.05, 3.63) is 6.92 Å². The van der Waals surface area contributed by atoms with Gasteiger partial charge in [0.25, 0.3) is 0 Å². The molecule has 0 aliphatic rings. The van der Waals surface area contributed by atoms with Gasteiger partial charge in [0.05, 0.1) is 0 Å². The maximum atomic E-state index is 5.35. The van der Waals surface area contributed by atoms with E-state index in [0.717, 1.165) is 0 Å². The summed E-state index contributed by atoms with van der Waals surface area (Å²) >= 11 is 0. The second-order valence-electron chi connectivity index (χ2n) is 3.16. The molecular weight excluding hydrogens is 134 g/mol. The molecule has 1 nitrogen and oxygen atoms in total. The Morgan fingerprint density at radius 1 is 1.27 bits per heavy atom. The van der Waals surface area contributed by atoms with Gasteiger partial charge in [-0.25, -0.2) is 0 Å². The Labute approximate surface area is 71.6 Å². The predicted octanol–water partition coefficient (Wildman–Crippen LogP) is 2.65. The van der Waals surface area contributed by atoms with Crippen LogP contribution >= 0.6 is 0 Å². The summed E-state index contributed by atoms with van der Waals surface area (Å²) in [7, 11) is 0. The molecule has 66 valence electrons. The van der Waals surface area contributed by atoms with Gasteiger partial charge in [-0.1, -0.05) is 32.6 Å². The monoisotopic (exact) mass is 155 g/mol. The molecule has 0 bridgehead atoms. The van der Waals surface area contributed by atoms with Crippen LogP contribution in [-0.4, -0.2) is 12.6 Å². The van der Waals surface area contributed by atoms with Crippen LogP contribution in [0, 0.1) is 6.92 Å². The van der Waals surface area contributed by atoms with Gasteiger partial charge in [-0.05, 0) is 26.8 Å². The Balaban J connectivity index is 2.97. The molecule has 2 radical (unpaired) electrons. The summed E-state index contributed by atoms with van der Waals surface area (Å²) in [5.41, 5.74) is 0. The summed E-state index contributed by atoms with van der Waals surface area (Å²) in [4.78, 5) is 0. The second-order valence-corrected chi connectivity index (χ2v) is 3.16. The third-order valence-electron chi connectivity index (χ3n) is 1.96. The molecule has 0 spiro atoms. The third-order valence-corrected chi connectivity index (χ3v) is 1.96. The van der Waals surface area contributed by atoms with Crippen LogP contribution in [0.2, 0.25) is 0 Å². The van der Waals surface area contributed by atoms with E-state index in [-0.39, 0.29) is 0 Å². The Hall–Kier alpha value is -0.0400. The maximum absolute atomic E-state index is 5.35. The number of hydrogen-bond donors (Lipinski definition) is 1. The van der Waals surface area contributed by atoms with Gasteiger partial charge in [0.1, 0.15) is 0 Å². The molecule has 11 heavy (non-hydrogen) atoms. The van der Waals surface area contributed by atoms with Gasteiger partial charge in [-0.2, -0.15) is 0 Å². The normalized spacial score (nSPS) is 13.4. The van der Waals surface area contributed by atoms with Gasteiger partial charge in [-0.3, -0.25) is 0 Å². The molecule has 0 aliphatic heterocycles. The molecule has 0 saturated carbocycles. The SMILES string of the molecule is [CH]CNC(C)CCCCCC. The number of unbranched alkanes of at least 4 members (excludes halogenated alkanes) is 3. The van der Waals surface area contributed by atoms with Gasteiger partial charge >= 0.3 is 0 Å². The summed E-state index contributed by atoms with van der Waals surface area (Å²) in [5.74, 6) is 0. The Morgan fingerprint density at radius 2 is 2.00 bits per heavy atom. The van der Waals surface area contributed by atoms with E-state index < -0.39 is 0 Å². The lowest BCUT2D eigenvalue weighted by Crippen LogP contribution is -2.25. The van der Waals surface area contributed by atoms with Crippen molar-refractivity contribution in [3.63, 3.8) is 0 Å². The summed E-state index contributed by atoms with van der Waals surface area (Å²) in [6.45, 7) is 10.4. The number of nitrogens with one attached hydrogen (secondary N) is 1. The minimum absolute atomic E-state index is 0.594. The molecule has 1 N–H and O–H groups in total. The van der Waals surface area contributed by atoms with Crippen molar-refractivity contribution in [2.45, 2.75) is 52.0 Å². The van der Waals surface area contributed by atoms with E-state index >= 15 is 0 Å². The highest BCUT2D eigenvalue weighted by Crippen LogP contribution is 2.04. The molecule has 1 unspecified atom stereocenters. The minimum atomic E-state index is 0.594. The first-order valence-electron chi connectivity index (χ1n) is 4.74. The molecule has 0 aromatic rings. The van der Waals surface area contributed by atoms with Gasteiger partial charge in [0, 0.05) is 6.04 Å². The molecule has 0 aliphatic carbocycles. The standard InChI is InChI=1S/C10H21N/c1-4-6-7-8-9-10(3)11-5-2/h2,10-11H,4-9H2,1,3H3. The highest BCUT2D eigenvalue weighted by atomic mass is 14.9. The quantitative estimate of drug-likeness (QED) is 0.557. The fourth-order valence-corrected chi connectivity index (χ4v) is 1.18. The van der Waals surface area contributed by atoms with E-state index in [1.807, 2.05) is 0 Å².